The van der Waals surface area contributed by atoms with Gasteiger partial charge < -0.3 is 0 Å². The molecular formula is C21H24N4O2S2. The minimum atomic E-state index is -2.18. The van der Waals surface area contributed by atoms with Crippen molar-refractivity contribution in [1.82, 2.24) is 19.5 Å². The second-order valence-corrected chi connectivity index (χ2v) is 11.3. The van der Waals surface area contributed by atoms with Gasteiger partial charge in [0.05, 0.1) is 0 Å². The molecule has 6 nitrogen and oxygen atoms in total. The Kier molecular flexibility index (Phi) is 5.50. The van der Waals surface area contributed by atoms with Gasteiger partial charge in [0.15, 0.2) is 0 Å². The number of fused-ring (bicyclic) bond motifs is 1. The first kappa shape index (κ1) is 20.1. The standard InChI is InChI=1S/C21H24N4O2S2/c1-14-23-24-21(28-14)16-4-5-17-13-22-19(11-18(17)10-16)12-20(26)15-6-8-25(9-7-15)29(2,3)27/h4-5,10-11,13,15H,2,6-9,12H2,1,3H3. The number of carbonyl (C=O) groups excluding carboxylic acids is 1. The Bertz CT molecular complexity index is 1160. The van der Waals surface area contributed by atoms with Crippen LogP contribution >= 0.6 is 11.3 Å². The molecule has 152 valence electrons. The fourth-order valence-electron chi connectivity index (χ4n) is 3.72. The zero-order valence-electron chi connectivity index (χ0n) is 16.6. The van der Waals surface area contributed by atoms with E-state index in [1.54, 1.807) is 17.6 Å². The van der Waals surface area contributed by atoms with Crippen LogP contribution in [0.3, 0.4) is 0 Å². The molecule has 2 aromatic heterocycles. The van der Waals surface area contributed by atoms with E-state index < -0.39 is 9.71 Å². The number of pyridine rings is 1. The molecular weight excluding hydrogens is 404 g/mol. The van der Waals surface area contributed by atoms with E-state index in [4.69, 9.17) is 0 Å². The van der Waals surface area contributed by atoms with Crippen molar-refractivity contribution in [3.8, 4) is 10.6 Å². The number of nitrogens with zero attached hydrogens (tertiary/aromatic N) is 4. The molecule has 3 heterocycles. The van der Waals surface area contributed by atoms with E-state index >= 15 is 0 Å². The summed E-state index contributed by atoms with van der Waals surface area (Å²) in [7, 11) is -2.18. The average molecular weight is 429 g/mol. The van der Waals surface area contributed by atoms with Gasteiger partial charge in [0.1, 0.15) is 15.8 Å². The average Bonchev–Trinajstić information content (AvgIpc) is 3.13. The summed E-state index contributed by atoms with van der Waals surface area (Å²) in [5, 5.41) is 12.2. The highest BCUT2D eigenvalue weighted by Gasteiger charge is 2.27. The summed E-state index contributed by atoms with van der Waals surface area (Å²) in [5.74, 6) is 3.95. The summed E-state index contributed by atoms with van der Waals surface area (Å²) in [5.41, 5.74) is 1.81. The van der Waals surface area contributed by atoms with E-state index in [2.05, 4.69) is 27.1 Å². The van der Waals surface area contributed by atoms with Crippen LogP contribution in [0.2, 0.25) is 0 Å². The largest absolute Gasteiger partial charge is 0.299 e. The maximum absolute atomic E-state index is 12.8. The van der Waals surface area contributed by atoms with E-state index in [0.29, 0.717) is 19.5 Å². The second kappa shape index (κ2) is 7.93. The molecule has 1 aliphatic heterocycles. The Morgan fingerprint density at radius 3 is 2.66 bits per heavy atom. The fraction of sp³-hybridized carbons (Fsp3) is 0.381. The number of hydrogen-bond donors (Lipinski definition) is 0. The number of carbonyl (C=O) groups is 1. The van der Waals surface area contributed by atoms with Gasteiger partial charge in [-0.2, -0.15) is 0 Å². The van der Waals surface area contributed by atoms with Crippen LogP contribution in [-0.4, -0.2) is 54.7 Å². The van der Waals surface area contributed by atoms with Crippen LogP contribution in [0.1, 0.15) is 23.5 Å². The van der Waals surface area contributed by atoms with Crippen LogP contribution in [0.15, 0.2) is 30.5 Å². The molecule has 1 aromatic carbocycles. The summed E-state index contributed by atoms with van der Waals surface area (Å²) in [6.07, 6.45) is 5.27. The Morgan fingerprint density at radius 1 is 1.24 bits per heavy atom. The van der Waals surface area contributed by atoms with Crippen molar-refractivity contribution in [1.29, 1.82) is 0 Å². The number of aromatic nitrogens is 3. The molecule has 0 radical (unpaired) electrons. The normalized spacial score (nSPS) is 18.0. The van der Waals surface area contributed by atoms with Gasteiger partial charge in [0.25, 0.3) is 0 Å². The molecule has 0 N–H and O–H groups in total. The van der Waals surface area contributed by atoms with Gasteiger partial charge in [-0.1, -0.05) is 23.5 Å². The van der Waals surface area contributed by atoms with Crippen LogP contribution in [0.5, 0.6) is 0 Å². The second-order valence-electron chi connectivity index (χ2n) is 7.67. The van der Waals surface area contributed by atoms with Crippen LogP contribution in [0.25, 0.3) is 21.3 Å². The Morgan fingerprint density at radius 2 is 2.00 bits per heavy atom. The smallest absolute Gasteiger partial charge is 0.147 e. The third-order valence-corrected chi connectivity index (χ3v) is 7.71. The maximum atomic E-state index is 12.8. The van der Waals surface area contributed by atoms with Crippen molar-refractivity contribution in [2.45, 2.75) is 26.2 Å². The molecule has 0 amide bonds. The maximum Gasteiger partial charge on any atom is 0.147 e. The van der Waals surface area contributed by atoms with Crippen molar-refractivity contribution in [2.24, 2.45) is 5.92 Å². The first-order chi connectivity index (χ1) is 13.8. The number of piperidine rings is 1. The third kappa shape index (κ3) is 4.55. The minimum Gasteiger partial charge on any atom is -0.299 e. The van der Waals surface area contributed by atoms with Crippen molar-refractivity contribution < 1.29 is 9.00 Å². The molecule has 1 saturated heterocycles. The molecule has 3 aromatic rings. The molecule has 29 heavy (non-hydrogen) atoms. The molecule has 0 saturated carbocycles. The minimum absolute atomic E-state index is 0.00111. The predicted molar refractivity (Wildman–Crippen MR) is 120 cm³/mol. The van der Waals surface area contributed by atoms with Crippen molar-refractivity contribution >= 4 is 43.5 Å². The zero-order valence-corrected chi connectivity index (χ0v) is 18.3. The SMILES string of the molecule is C=S(C)(=O)N1CCC(C(=O)Cc2cc3cc(-c4nnc(C)s4)ccc3cn2)CC1. The van der Waals surface area contributed by atoms with Gasteiger partial charge in [-0.05, 0) is 43.2 Å². The molecule has 8 heteroatoms. The Labute approximate surface area is 175 Å². The molecule has 0 spiro atoms. The Hall–Kier alpha value is -2.16. The first-order valence-electron chi connectivity index (χ1n) is 9.59. The monoisotopic (exact) mass is 428 g/mol. The lowest BCUT2D eigenvalue weighted by Crippen LogP contribution is -2.39. The molecule has 4 rings (SSSR count). The third-order valence-electron chi connectivity index (χ3n) is 5.36. The van der Waals surface area contributed by atoms with E-state index in [1.807, 2.05) is 35.6 Å². The predicted octanol–water partition coefficient (Wildman–Crippen LogP) is 3.15. The summed E-state index contributed by atoms with van der Waals surface area (Å²) >= 11 is 1.56. The molecule has 1 atom stereocenters. The van der Waals surface area contributed by atoms with Crippen molar-refractivity contribution in [3.05, 3.63) is 41.2 Å². The van der Waals surface area contributed by atoms with E-state index in [0.717, 1.165) is 44.9 Å². The summed E-state index contributed by atoms with van der Waals surface area (Å²) in [6.45, 7) is 3.26. The number of hydrogen-bond acceptors (Lipinski definition) is 6. The number of ketones is 1. The van der Waals surface area contributed by atoms with Gasteiger partial charge in [0.2, 0.25) is 0 Å². The summed E-state index contributed by atoms with van der Waals surface area (Å²) in [4.78, 5) is 17.3. The highest BCUT2D eigenvalue weighted by Crippen LogP contribution is 2.27. The number of Topliss-reactive ketones (excluding diaryl/α,β-unsaturated/α-hetero) is 1. The zero-order chi connectivity index (χ0) is 20.6. The van der Waals surface area contributed by atoms with E-state index in [1.165, 1.54) is 0 Å². The molecule has 0 bridgehead atoms. The highest BCUT2D eigenvalue weighted by atomic mass is 32.2. The molecule has 0 aliphatic carbocycles. The van der Waals surface area contributed by atoms with Gasteiger partial charge in [-0.3, -0.25) is 14.0 Å². The van der Waals surface area contributed by atoms with E-state index in [-0.39, 0.29) is 11.7 Å². The number of aryl methyl sites for hydroxylation is 1. The van der Waals surface area contributed by atoms with Gasteiger partial charge in [-0.25, -0.2) is 4.31 Å². The first-order valence-corrected chi connectivity index (χ1v) is 12.5. The summed E-state index contributed by atoms with van der Waals surface area (Å²) in [6, 6.07) is 8.12. The molecule has 1 fully saturated rings. The lowest BCUT2D eigenvalue weighted by Gasteiger charge is -2.31. The fourth-order valence-corrected chi connectivity index (χ4v) is 5.39. The van der Waals surface area contributed by atoms with Crippen LogP contribution < -0.4 is 0 Å². The number of rotatable bonds is 5. The number of benzene rings is 1. The van der Waals surface area contributed by atoms with Gasteiger partial charge >= 0.3 is 0 Å². The topological polar surface area (TPSA) is 76.1 Å². The highest BCUT2D eigenvalue weighted by molar-refractivity contribution is 7.97. The lowest BCUT2D eigenvalue weighted by molar-refractivity contribution is -0.123. The van der Waals surface area contributed by atoms with Gasteiger partial charge in [-0.15, -0.1) is 10.2 Å². The van der Waals surface area contributed by atoms with Crippen LogP contribution in [0, 0.1) is 12.8 Å². The lowest BCUT2D eigenvalue weighted by atomic mass is 9.91. The quantitative estimate of drug-likeness (QED) is 0.584. The molecule has 1 aliphatic rings. The molecule has 1 unspecified atom stereocenters. The summed E-state index contributed by atoms with van der Waals surface area (Å²) < 4.78 is 14.0. The van der Waals surface area contributed by atoms with Crippen molar-refractivity contribution in [2.75, 3.05) is 19.3 Å². The Balaban J connectivity index is 1.48. The van der Waals surface area contributed by atoms with Gasteiger partial charge in [0, 0.05) is 64.2 Å². The van der Waals surface area contributed by atoms with Crippen molar-refractivity contribution in [3.63, 3.8) is 0 Å². The van der Waals surface area contributed by atoms with Crippen LogP contribution in [0.4, 0.5) is 0 Å². The van der Waals surface area contributed by atoms with Crippen LogP contribution in [-0.2, 0) is 20.9 Å². The van der Waals surface area contributed by atoms with E-state index in [9.17, 15) is 9.00 Å².